The van der Waals surface area contributed by atoms with Crippen molar-refractivity contribution in [3.63, 3.8) is 0 Å². The van der Waals surface area contributed by atoms with E-state index in [-0.39, 0.29) is 6.42 Å². The van der Waals surface area contributed by atoms with E-state index >= 15 is 0 Å². The fourth-order valence-electron chi connectivity index (χ4n) is 2.03. The first-order valence-corrected chi connectivity index (χ1v) is 6.01. The monoisotopic (exact) mass is 267 g/mol. The number of carbonyl (C=O) groups is 1. The molecule has 0 aliphatic carbocycles. The number of ether oxygens (including phenoxy) is 3. The van der Waals surface area contributed by atoms with Crippen molar-refractivity contribution in [1.82, 2.24) is 0 Å². The summed E-state index contributed by atoms with van der Waals surface area (Å²) < 4.78 is 16.2. The Morgan fingerprint density at radius 3 is 2.89 bits per heavy atom. The number of carboxylic acids is 1. The molecule has 1 aliphatic rings. The summed E-state index contributed by atoms with van der Waals surface area (Å²) in [5, 5.41) is 8.89. The molecule has 3 N–H and O–H groups in total. The zero-order valence-electron chi connectivity index (χ0n) is 10.7. The number of carboxylic acid groups (broad SMARTS) is 1. The van der Waals surface area contributed by atoms with Gasteiger partial charge in [0.2, 0.25) is 0 Å². The third kappa shape index (κ3) is 2.97. The first kappa shape index (κ1) is 13.6. The molecular formula is C13H17NO5. The van der Waals surface area contributed by atoms with Gasteiger partial charge in [0, 0.05) is 12.7 Å². The maximum Gasteiger partial charge on any atom is 0.320 e. The molecule has 0 aromatic heterocycles. The highest BCUT2D eigenvalue weighted by Crippen LogP contribution is 2.36. The molecule has 0 saturated heterocycles. The third-order valence-electron chi connectivity index (χ3n) is 2.95. The lowest BCUT2D eigenvalue weighted by molar-refractivity contribution is -0.138. The molecule has 6 heteroatoms. The van der Waals surface area contributed by atoms with Gasteiger partial charge in [-0.3, -0.25) is 4.79 Å². The number of nitrogens with two attached hydrogens (primary N) is 1. The van der Waals surface area contributed by atoms with Crippen LogP contribution in [0.3, 0.4) is 0 Å². The lowest BCUT2D eigenvalue weighted by Gasteiger charge is -2.23. The van der Waals surface area contributed by atoms with Crippen molar-refractivity contribution in [3.05, 3.63) is 23.3 Å². The first-order chi connectivity index (χ1) is 9.13. The van der Waals surface area contributed by atoms with Crippen LogP contribution in [0.5, 0.6) is 11.5 Å². The maximum atomic E-state index is 10.8. The zero-order chi connectivity index (χ0) is 13.8. The number of hydrogen-bond donors (Lipinski definition) is 2. The van der Waals surface area contributed by atoms with Crippen LogP contribution < -0.4 is 15.2 Å². The summed E-state index contributed by atoms with van der Waals surface area (Å²) in [7, 11) is 1.57. The molecule has 0 amide bonds. The van der Waals surface area contributed by atoms with Crippen LogP contribution in [0.1, 0.15) is 11.1 Å². The number of benzene rings is 1. The van der Waals surface area contributed by atoms with Gasteiger partial charge in [0.05, 0.1) is 6.61 Å². The molecule has 6 nitrogen and oxygen atoms in total. The Hall–Kier alpha value is -1.79. The van der Waals surface area contributed by atoms with E-state index in [0.717, 1.165) is 11.1 Å². The number of hydrogen-bond acceptors (Lipinski definition) is 5. The molecule has 2 rings (SSSR count). The van der Waals surface area contributed by atoms with Crippen LogP contribution >= 0.6 is 0 Å². The van der Waals surface area contributed by atoms with E-state index in [2.05, 4.69) is 0 Å². The van der Waals surface area contributed by atoms with E-state index < -0.39 is 12.0 Å². The normalized spacial score (nSPS) is 15.1. The van der Waals surface area contributed by atoms with Gasteiger partial charge in [0.25, 0.3) is 0 Å². The molecule has 1 unspecified atom stereocenters. The van der Waals surface area contributed by atoms with Gasteiger partial charge >= 0.3 is 5.97 Å². The quantitative estimate of drug-likeness (QED) is 0.810. The van der Waals surface area contributed by atoms with Crippen LogP contribution in [0.2, 0.25) is 0 Å². The Bertz CT molecular complexity index is 474. The molecule has 0 radical (unpaired) electrons. The van der Waals surface area contributed by atoms with E-state index in [4.69, 9.17) is 25.1 Å². The van der Waals surface area contributed by atoms with E-state index in [1.54, 1.807) is 13.2 Å². The van der Waals surface area contributed by atoms with Gasteiger partial charge in [-0.2, -0.15) is 0 Å². The molecule has 1 atom stereocenters. The highest BCUT2D eigenvalue weighted by atomic mass is 16.6. The largest absolute Gasteiger partial charge is 0.486 e. The van der Waals surface area contributed by atoms with Gasteiger partial charge in [0.1, 0.15) is 19.3 Å². The number of fused-ring (bicyclic) bond motifs is 1. The minimum absolute atomic E-state index is 0.227. The minimum Gasteiger partial charge on any atom is -0.486 e. The smallest absolute Gasteiger partial charge is 0.320 e. The van der Waals surface area contributed by atoms with Gasteiger partial charge in [-0.15, -0.1) is 0 Å². The predicted molar refractivity (Wildman–Crippen MR) is 67.5 cm³/mol. The van der Waals surface area contributed by atoms with Gasteiger partial charge in [-0.25, -0.2) is 0 Å². The van der Waals surface area contributed by atoms with Crippen molar-refractivity contribution in [3.8, 4) is 11.5 Å². The number of aliphatic carboxylic acids is 1. The fraction of sp³-hybridized carbons (Fsp3) is 0.462. The van der Waals surface area contributed by atoms with E-state index in [0.29, 0.717) is 31.3 Å². The zero-order valence-corrected chi connectivity index (χ0v) is 10.7. The van der Waals surface area contributed by atoms with Gasteiger partial charge in [0.15, 0.2) is 11.5 Å². The molecule has 0 fully saturated rings. The summed E-state index contributed by atoms with van der Waals surface area (Å²) in [5.74, 6) is 0.257. The Morgan fingerprint density at radius 1 is 1.47 bits per heavy atom. The van der Waals surface area contributed by atoms with Crippen LogP contribution in [-0.2, 0) is 22.6 Å². The number of rotatable bonds is 5. The highest BCUT2D eigenvalue weighted by molar-refractivity contribution is 5.73. The van der Waals surface area contributed by atoms with E-state index in [9.17, 15) is 4.79 Å². The molecule has 0 saturated carbocycles. The average Bonchev–Trinajstić information content (AvgIpc) is 2.41. The highest BCUT2D eigenvalue weighted by Gasteiger charge is 2.22. The number of methoxy groups -OCH3 is 1. The molecule has 1 aromatic carbocycles. The van der Waals surface area contributed by atoms with Crippen LogP contribution in [-0.4, -0.2) is 37.4 Å². The van der Waals surface area contributed by atoms with Crippen molar-refractivity contribution in [2.75, 3.05) is 20.3 Å². The second-order valence-electron chi connectivity index (χ2n) is 4.31. The SMILES string of the molecule is COCc1c(CC(N)C(=O)O)ccc2c1OCCO2. The lowest BCUT2D eigenvalue weighted by Crippen LogP contribution is -2.32. The Morgan fingerprint density at radius 2 is 2.21 bits per heavy atom. The van der Waals surface area contributed by atoms with Gasteiger partial charge < -0.3 is 25.1 Å². The topological polar surface area (TPSA) is 91.0 Å². The maximum absolute atomic E-state index is 10.8. The molecule has 1 heterocycles. The van der Waals surface area contributed by atoms with Crippen LogP contribution in [0, 0.1) is 0 Å². The minimum atomic E-state index is -1.03. The molecule has 104 valence electrons. The summed E-state index contributed by atoms with van der Waals surface area (Å²) in [6, 6.07) is 2.64. The molecule has 0 spiro atoms. The summed E-state index contributed by atoms with van der Waals surface area (Å²) in [6.07, 6.45) is 0.227. The fourth-order valence-corrected chi connectivity index (χ4v) is 2.03. The van der Waals surface area contributed by atoms with Crippen LogP contribution in [0.4, 0.5) is 0 Å². The summed E-state index contributed by atoms with van der Waals surface area (Å²) in [5.41, 5.74) is 7.19. The van der Waals surface area contributed by atoms with Crippen LogP contribution in [0.15, 0.2) is 12.1 Å². The van der Waals surface area contributed by atoms with E-state index in [1.807, 2.05) is 6.07 Å². The Kier molecular flexibility index (Phi) is 4.24. The van der Waals surface area contributed by atoms with Gasteiger partial charge in [-0.05, 0) is 18.1 Å². The summed E-state index contributed by atoms with van der Waals surface area (Å²) in [4.78, 5) is 10.8. The van der Waals surface area contributed by atoms with Crippen LogP contribution in [0.25, 0.3) is 0 Å². The molecule has 19 heavy (non-hydrogen) atoms. The third-order valence-corrected chi connectivity index (χ3v) is 2.95. The molecule has 1 aromatic rings. The Balaban J connectivity index is 2.34. The van der Waals surface area contributed by atoms with E-state index in [1.165, 1.54) is 0 Å². The second kappa shape index (κ2) is 5.90. The lowest BCUT2D eigenvalue weighted by atomic mass is 9.99. The predicted octanol–water partition coefficient (Wildman–Crippen LogP) is 0.559. The molecular weight excluding hydrogens is 250 g/mol. The average molecular weight is 267 g/mol. The van der Waals surface area contributed by atoms with Crippen molar-refractivity contribution in [2.45, 2.75) is 19.1 Å². The second-order valence-corrected chi connectivity index (χ2v) is 4.31. The molecule has 1 aliphatic heterocycles. The van der Waals surface area contributed by atoms with Crippen molar-refractivity contribution in [2.24, 2.45) is 5.73 Å². The summed E-state index contributed by atoms with van der Waals surface area (Å²) in [6.45, 7) is 1.31. The van der Waals surface area contributed by atoms with Crippen molar-refractivity contribution >= 4 is 5.97 Å². The summed E-state index contributed by atoms with van der Waals surface area (Å²) >= 11 is 0. The Labute approximate surface area is 111 Å². The van der Waals surface area contributed by atoms with Crippen molar-refractivity contribution < 1.29 is 24.1 Å². The molecule has 0 bridgehead atoms. The van der Waals surface area contributed by atoms with Crippen molar-refractivity contribution in [1.29, 1.82) is 0 Å². The first-order valence-electron chi connectivity index (χ1n) is 6.01. The standard InChI is InChI=1S/C13H17NO5/c1-17-7-9-8(6-10(14)13(15)16)2-3-11-12(9)19-5-4-18-11/h2-3,10H,4-7,14H2,1H3,(H,15,16). The van der Waals surface area contributed by atoms with Gasteiger partial charge in [-0.1, -0.05) is 6.07 Å².